The summed E-state index contributed by atoms with van der Waals surface area (Å²) >= 11 is 0. The molecular weight excluding hydrogens is 327 g/mol. The highest BCUT2D eigenvalue weighted by atomic mass is 32.2. The average Bonchev–Trinajstić information content (AvgIpc) is 2.27. The van der Waals surface area contributed by atoms with E-state index >= 15 is 0 Å². The van der Waals surface area contributed by atoms with Crippen molar-refractivity contribution in [3.05, 3.63) is 12.0 Å². The smallest absolute Gasteiger partial charge is 0.443 e. The van der Waals surface area contributed by atoms with Gasteiger partial charge < -0.3 is 8.92 Å². The van der Waals surface area contributed by atoms with Crippen LogP contribution in [-0.2, 0) is 19.0 Å². The van der Waals surface area contributed by atoms with Gasteiger partial charge in [0.15, 0.2) is 0 Å². The van der Waals surface area contributed by atoms with E-state index in [2.05, 4.69) is 4.18 Å². The van der Waals surface area contributed by atoms with Crippen molar-refractivity contribution < 1.29 is 35.3 Å². The molecule has 22 heavy (non-hydrogen) atoms. The van der Waals surface area contributed by atoms with E-state index < -0.39 is 39.0 Å². The number of hydrogen-bond acceptors (Lipinski definition) is 5. The summed E-state index contributed by atoms with van der Waals surface area (Å²) in [5, 5.41) is 0. The third-order valence-electron chi connectivity index (χ3n) is 2.69. The zero-order valence-electron chi connectivity index (χ0n) is 12.6. The molecule has 0 saturated carbocycles. The maximum absolute atomic E-state index is 12.3. The number of amides is 1. The number of nitrogens with zero attached hydrogens (tertiary/aromatic N) is 1. The van der Waals surface area contributed by atoms with Gasteiger partial charge in [-0.25, -0.2) is 4.79 Å². The first kappa shape index (κ1) is 18.6. The van der Waals surface area contributed by atoms with Crippen molar-refractivity contribution in [3.8, 4) is 0 Å². The lowest BCUT2D eigenvalue weighted by molar-refractivity contribution is -0.0529. The number of ether oxygens (including phenoxy) is 1. The summed E-state index contributed by atoms with van der Waals surface area (Å²) in [7, 11) is -5.76. The minimum atomic E-state index is -5.76. The van der Waals surface area contributed by atoms with Crippen molar-refractivity contribution in [2.24, 2.45) is 5.92 Å². The predicted molar refractivity (Wildman–Crippen MR) is 70.9 cm³/mol. The zero-order chi connectivity index (χ0) is 17.3. The maximum Gasteiger partial charge on any atom is 0.534 e. The van der Waals surface area contributed by atoms with E-state index in [1.54, 1.807) is 20.8 Å². The van der Waals surface area contributed by atoms with E-state index in [0.29, 0.717) is 0 Å². The first-order valence-corrected chi connectivity index (χ1v) is 7.86. The Labute approximate surface area is 127 Å². The maximum atomic E-state index is 12.3. The summed E-state index contributed by atoms with van der Waals surface area (Å²) < 4.78 is 68.3. The Balaban J connectivity index is 2.96. The van der Waals surface area contributed by atoms with Gasteiger partial charge in [-0.2, -0.15) is 21.6 Å². The summed E-state index contributed by atoms with van der Waals surface area (Å²) in [5.41, 5.74) is -6.31. The highest BCUT2D eigenvalue weighted by Crippen LogP contribution is 2.31. The molecule has 0 saturated heterocycles. The van der Waals surface area contributed by atoms with Gasteiger partial charge in [-0.15, -0.1) is 0 Å². The zero-order valence-corrected chi connectivity index (χ0v) is 13.4. The number of hydrogen-bond donors (Lipinski definition) is 0. The van der Waals surface area contributed by atoms with Crippen molar-refractivity contribution in [3.63, 3.8) is 0 Å². The topological polar surface area (TPSA) is 72.9 Å². The summed E-state index contributed by atoms with van der Waals surface area (Å²) in [4.78, 5) is 12.9. The molecule has 128 valence electrons. The SMILES string of the molecule is CC1CCN(C(=O)OC(C)(C)C)C=C1OS(=O)(=O)C(F)(F)F. The van der Waals surface area contributed by atoms with Crippen LogP contribution in [0.4, 0.5) is 18.0 Å². The van der Waals surface area contributed by atoms with Crippen LogP contribution in [0.5, 0.6) is 0 Å². The van der Waals surface area contributed by atoms with E-state index in [1.165, 1.54) is 6.92 Å². The van der Waals surface area contributed by atoms with Gasteiger partial charge in [0.2, 0.25) is 0 Å². The van der Waals surface area contributed by atoms with Gasteiger partial charge in [0.05, 0.1) is 6.20 Å². The summed E-state index contributed by atoms with van der Waals surface area (Å²) in [6.45, 7) is 6.59. The molecule has 1 rings (SSSR count). The van der Waals surface area contributed by atoms with Crippen molar-refractivity contribution in [2.75, 3.05) is 6.54 Å². The minimum absolute atomic E-state index is 0.189. The number of halogens is 3. The Morgan fingerprint density at radius 2 is 1.86 bits per heavy atom. The Kier molecular flexibility index (Phi) is 5.05. The van der Waals surface area contributed by atoms with Gasteiger partial charge in [-0.3, -0.25) is 4.90 Å². The largest absolute Gasteiger partial charge is 0.534 e. The van der Waals surface area contributed by atoms with Crippen LogP contribution < -0.4 is 0 Å². The highest BCUT2D eigenvalue weighted by molar-refractivity contribution is 7.87. The Bertz CT molecular complexity index is 562. The molecule has 0 aromatic rings. The van der Waals surface area contributed by atoms with Gasteiger partial charge >= 0.3 is 21.7 Å². The predicted octanol–water partition coefficient (Wildman–Crippen LogP) is 2.97. The third-order valence-corrected chi connectivity index (χ3v) is 3.67. The van der Waals surface area contributed by atoms with E-state index in [-0.39, 0.29) is 13.0 Å². The van der Waals surface area contributed by atoms with Gasteiger partial charge in [0.25, 0.3) is 0 Å². The van der Waals surface area contributed by atoms with Gasteiger partial charge in [-0.1, -0.05) is 6.92 Å². The van der Waals surface area contributed by atoms with Crippen LogP contribution in [0, 0.1) is 5.92 Å². The van der Waals surface area contributed by atoms with Crippen LogP contribution in [0.15, 0.2) is 12.0 Å². The molecule has 0 spiro atoms. The Morgan fingerprint density at radius 1 is 1.32 bits per heavy atom. The van der Waals surface area contributed by atoms with Crippen molar-refractivity contribution in [2.45, 2.75) is 45.2 Å². The Hall–Kier alpha value is -1.45. The second kappa shape index (κ2) is 5.98. The van der Waals surface area contributed by atoms with E-state index in [1.807, 2.05) is 0 Å². The summed E-state index contributed by atoms with van der Waals surface area (Å²) in [6.07, 6.45) is 0.397. The molecule has 0 radical (unpaired) electrons. The normalized spacial score (nSPS) is 20.4. The molecule has 0 bridgehead atoms. The van der Waals surface area contributed by atoms with Crippen LogP contribution >= 0.6 is 0 Å². The first-order valence-electron chi connectivity index (χ1n) is 6.45. The molecule has 0 aromatic heterocycles. The van der Waals surface area contributed by atoms with Crippen molar-refractivity contribution in [1.29, 1.82) is 0 Å². The standard InChI is InChI=1S/C12H18F3NO5S/c1-8-5-6-16(10(17)20-11(2,3)4)7-9(8)21-22(18,19)12(13,14)15/h7-8H,5-6H2,1-4H3. The second-order valence-electron chi connectivity index (χ2n) is 5.88. The fourth-order valence-corrected chi connectivity index (χ4v) is 2.12. The minimum Gasteiger partial charge on any atom is -0.443 e. The Morgan fingerprint density at radius 3 is 2.32 bits per heavy atom. The van der Waals surface area contributed by atoms with Gasteiger partial charge in [-0.05, 0) is 27.2 Å². The number of carbonyl (C=O) groups is 1. The van der Waals surface area contributed by atoms with E-state index in [9.17, 15) is 26.4 Å². The van der Waals surface area contributed by atoms with Gasteiger partial charge in [0, 0.05) is 12.5 Å². The highest BCUT2D eigenvalue weighted by Gasteiger charge is 2.49. The van der Waals surface area contributed by atoms with Crippen LogP contribution in [0.1, 0.15) is 34.1 Å². The number of rotatable bonds is 2. The molecule has 6 nitrogen and oxygen atoms in total. The second-order valence-corrected chi connectivity index (χ2v) is 7.42. The van der Waals surface area contributed by atoms with Gasteiger partial charge in [0.1, 0.15) is 11.4 Å². The molecular formula is C12H18F3NO5S. The lowest BCUT2D eigenvalue weighted by Gasteiger charge is -2.30. The van der Waals surface area contributed by atoms with E-state index in [4.69, 9.17) is 4.74 Å². The lowest BCUT2D eigenvalue weighted by Crippen LogP contribution is -2.38. The molecule has 1 aliphatic heterocycles. The molecule has 0 fully saturated rings. The third kappa shape index (κ3) is 4.79. The van der Waals surface area contributed by atoms with Crippen LogP contribution in [0.3, 0.4) is 0 Å². The molecule has 0 N–H and O–H groups in total. The quantitative estimate of drug-likeness (QED) is 0.568. The van der Waals surface area contributed by atoms with Crippen molar-refractivity contribution >= 4 is 16.2 Å². The number of alkyl halides is 3. The average molecular weight is 345 g/mol. The van der Waals surface area contributed by atoms with Crippen molar-refractivity contribution in [1.82, 2.24) is 4.90 Å². The monoisotopic (exact) mass is 345 g/mol. The molecule has 1 atom stereocenters. The lowest BCUT2D eigenvalue weighted by atomic mass is 10.0. The molecule has 10 heteroatoms. The summed E-state index contributed by atoms with van der Waals surface area (Å²) in [5.74, 6) is -1.02. The molecule has 0 aromatic carbocycles. The number of carbonyl (C=O) groups excluding carboxylic acids is 1. The van der Waals surface area contributed by atoms with Crippen LogP contribution in [-0.4, -0.2) is 37.1 Å². The van der Waals surface area contributed by atoms with Crippen LogP contribution in [0.2, 0.25) is 0 Å². The fraction of sp³-hybridized carbons (Fsp3) is 0.750. The summed E-state index contributed by atoms with van der Waals surface area (Å²) in [6, 6.07) is 0. The fourth-order valence-electron chi connectivity index (χ4n) is 1.56. The molecule has 1 unspecified atom stereocenters. The number of allylic oxidation sites excluding steroid dienone is 1. The molecule has 1 heterocycles. The van der Waals surface area contributed by atoms with Crippen LogP contribution in [0.25, 0.3) is 0 Å². The molecule has 0 aliphatic carbocycles. The molecule has 1 aliphatic rings. The van der Waals surface area contributed by atoms with E-state index in [0.717, 1.165) is 11.1 Å². The first-order chi connectivity index (χ1) is 9.73. The molecule has 1 amide bonds.